The highest BCUT2D eigenvalue weighted by atomic mass is 16.5. The maximum atomic E-state index is 11.6. The number of hydrogen-bond donors (Lipinski definition) is 0. The molecule has 0 heterocycles. The fourth-order valence-electron chi connectivity index (χ4n) is 2.30. The van der Waals surface area contributed by atoms with Crippen LogP contribution in [-0.2, 0) is 27.3 Å². The Kier molecular flexibility index (Phi) is 7.79. The van der Waals surface area contributed by atoms with Gasteiger partial charge in [0.2, 0.25) is 0 Å². The number of hydrogen-bond acceptors (Lipinski definition) is 5. The number of esters is 1. The standard InChI is InChI=1S/C20H24O5/c1-3-24-20(21)14-17-9-10-18(22-2)19(13-17)25-12-11-23-15-16-7-5-4-6-8-16/h4-10,13H,3,11-12,14-15H2,1-2H3. The lowest BCUT2D eigenvalue weighted by molar-refractivity contribution is -0.142. The van der Waals surface area contributed by atoms with Crippen molar-refractivity contribution in [2.45, 2.75) is 20.0 Å². The van der Waals surface area contributed by atoms with Gasteiger partial charge in [-0.25, -0.2) is 0 Å². The SMILES string of the molecule is CCOC(=O)Cc1ccc(OC)c(OCCOCc2ccccc2)c1. The Morgan fingerprint density at radius 1 is 0.960 bits per heavy atom. The zero-order chi connectivity index (χ0) is 17.9. The van der Waals surface area contributed by atoms with Crippen LogP contribution in [0.25, 0.3) is 0 Å². The zero-order valence-corrected chi connectivity index (χ0v) is 14.7. The average molecular weight is 344 g/mol. The first-order valence-corrected chi connectivity index (χ1v) is 8.30. The van der Waals surface area contributed by atoms with E-state index in [1.165, 1.54) is 0 Å². The van der Waals surface area contributed by atoms with Gasteiger partial charge in [0.1, 0.15) is 6.61 Å². The Bertz CT molecular complexity index is 654. The molecule has 5 nitrogen and oxygen atoms in total. The van der Waals surface area contributed by atoms with Crippen LogP contribution in [0.2, 0.25) is 0 Å². The number of carbonyl (C=O) groups excluding carboxylic acids is 1. The summed E-state index contributed by atoms with van der Waals surface area (Å²) < 4.78 is 21.6. The first kappa shape index (κ1) is 18.8. The Labute approximate surface area is 148 Å². The molecule has 134 valence electrons. The summed E-state index contributed by atoms with van der Waals surface area (Å²) in [5, 5.41) is 0. The van der Waals surface area contributed by atoms with Crippen LogP contribution in [0.4, 0.5) is 0 Å². The Balaban J connectivity index is 1.83. The molecule has 0 saturated carbocycles. The highest BCUT2D eigenvalue weighted by Crippen LogP contribution is 2.28. The van der Waals surface area contributed by atoms with Crippen molar-refractivity contribution in [2.75, 3.05) is 26.9 Å². The van der Waals surface area contributed by atoms with Crippen LogP contribution < -0.4 is 9.47 Å². The van der Waals surface area contributed by atoms with E-state index in [9.17, 15) is 4.79 Å². The molecule has 2 rings (SSSR count). The lowest BCUT2D eigenvalue weighted by Crippen LogP contribution is -2.09. The molecular weight excluding hydrogens is 320 g/mol. The summed E-state index contributed by atoms with van der Waals surface area (Å²) in [6, 6.07) is 15.4. The normalized spacial score (nSPS) is 10.3. The molecule has 0 fully saturated rings. The number of methoxy groups -OCH3 is 1. The van der Waals surface area contributed by atoms with Crippen LogP contribution in [0.3, 0.4) is 0 Å². The first-order chi connectivity index (χ1) is 12.2. The van der Waals surface area contributed by atoms with Crippen molar-refractivity contribution in [1.29, 1.82) is 0 Å². The predicted octanol–water partition coefficient (Wildman–Crippen LogP) is 3.40. The van der Waals surface area contributed by atoms with Crippen molar-refractivity contribution < 1.29 is 23.7 Å². The minimum Gasteiger partial charge on any atom is -0.493 e. The summed E-state index contributed by atoms with van der Waals surface area (Å²) in [7, 11) is 1.58. The summed E-state index contributed by atoms with van der Waals surface area (Å²) in [5.74, 6) is 0.952. The van der Waals surface area contributed by atoms with E-state index in [1.807, 2.05) is 36.4 Å². The first-order valence-electron chi connectivity index (χ1n) is 8.30. The Morgan fingerprint density at radius 2 is 1.76 bits per heavy atom. The molecule has 5 heteroatoms. The van der Waals surface area contributed by atoms with Crippen molar-refractivity contribution in [3.63, 3.8) is 0 Å². The van der Waals surface area contributed by atoms with Crippen molar-refractivity contribution in [3.05, 3.63) is 59.7 Å². The number of benzene rings is 2. The minimum absolute atomic E-state index is 0.207. The average Bonchev–Trinajstić information content (AvgIpc) is 2.63. The van der Waals surface area contributed by atoms with Gasteiger partial charge < -0.3 is 18.9 Å². The highest BCUT2D eigenvalue weighted by molar-refractivity contribution is 5.72. The summed E-state index contributed by atoms with van der Waals surface area (Å²) in [4.78, 5) is 11.6. The van der Waals surface area contributed by atoms with Crippen LogP contribution in [0.15, 0.2) is 48.5 Å². The van der Waals surface area contributed by atoms with Crippen molar-refractivity contribution in [1.82, 2.24) is 0 Å². The second-order valence-corrected chi connectivity index (χ2v) is 5.35. The van der Waals surface area contributed by atoms with Gasteiger partial charge >= 0.3 is 5.97 Å². The van der Waals surface area contributed by atoms with Crippen LogP contribution in [0.1, 0.15) is 18.1 Å². The van der Waals surface area contributed by atoms with Gasteiger partial charge in [0.15, 0.2) is 11.5 Å². The van der Waals surface area contributed by atoms with Crippen LogP contribution in [0, 0.1) is 0 Å². The van der Waals surface area contributed by atoms with E-state index in [-0.39, 0.29) is 12.4 Å². The number of rotatable bonds is 10. The minimum atomic E-state index is -0.259. The molecule has 0 atom stereocenters. The monoisotopic (exact) mass is 344 g/mol. The fraction of sp³-hybridized carbons (Fsp3) is 0.350. The molecule has 0 aliphatic carbocycles. The van der Waals surface area contributed by atoms with Gasteiger partial charge in [0.25, 0.3) is 0 Å². The third kappa shape index (κ3) is 6.47. The largest absolute Gasteiger partial charge is 0.493 e. The molecule has 0 radical (unpaired) electrons. The second kappa shape index (κ2) is 10.4. The van der Waals surface area contributed by atoms with E-state index in [0.29, 0.717) is 37.9 Å². The topological polar surface area (TPSA) is 54.0 Å². The molecule has 0 bridgehead atoms. The molecule has 0 aliphatic rings. The van der Waals surface area contributed by atoms with Gasteiger partial charge in [-0.05, 0) is 30.2 Å². The maximum Gasteiger partial charge on any atom is 0.310 e. The molecule has 0 unspecified atom stereocenters. The van der Waals surface area contributed by atoms with E-state index < -0.39 is 0 Å². The molecule has 2 aromatic carbocycles. The van der Waals surface area contributed by atoms with Gasteiger partial charge in [0, 0.05) is 0 Å². The summed E-state index contributed by atoms with van der Waals surface area (Å²) >= 11 is 0. The van der Waals surface area contributed by atoms with Crippen LogP contribution in [0.5, 0.6) is 11.5 Å². The van der Waals surface area contributed by atoms with Crippen molar-refractivity contribution >= 4 is 5.97 Å². The maximum absolute atomic E-state index is 11.6. The van der Waals surface area contributed by atoms with E-state index in [4.69, 9.17) is 18.9 Å². The molecule has 25 heavy (non-hydrogen) atoms. The molecule has 2 aromatic rings. The van der Waals surface area contributed by atoms with E-state index in [2.05, 4.69) is 0 Å². The lowest BCUT2D eigenvalue weighted by Gasteiger charge is -2.12. The van der Waals surface area contributed by atoms with Crippen molar-refractivity contribution in [2.24, 2.45) is 0 Å². The zero-order valence-electron chi connectivity index (χ0n) is 14.7. The molecule has 0 saturated heterocycles. The molecule has 0 aromatic heterocycles. The van der Waals surface area contributed by atoms with Gasteiger partial charge in [0.05, 0.1) is 33.4 Å². The summed E-state index contributed by atoms with van der Waals surface area (Å²) in [5.41, 5.74) is 1.94. The number of carbonyl (C=O) groups is 1. The smallest absolute Gasteiger partial charge is 0.310 e. The highest BCUT2D eigenvalue weighted by Gasteiger charge is 2.09. The second-order valence-electron chi connectivity index (χ2n) is 5.35. The van der Waals surface area contributed by atoms with E-state index >= 15 is 0 Å². The van der Waals surface area contributed by atoms with Gasteiger partial charge in [-0.2, -0.15) is 0 Å². The molecule has 0 amide bonds. The Hall–Kier alpha value is -2.53. The fourth-order valence-corrected chi connectivity index (χ4v) is 2.30. The lowest BCUT2D eigenvalue weighted by atomic mass is 10.1. The summed E-state index contributed by atoms with van der Waals surface area (Å²) in [6.45, 7) is 3.56. The molecule has 0 spiro atoms. The van der Waals surface area contributed by atoms with E-state index in [1.54, 1.807) is 26.2 Å². The van der Waals surface area contributed by atoms with Crippen molar-refractivity contribution in [3.8, 4) is 11.5 Å². The third-order valence-electron chi connectivity index (χ3n) is 3.48. The van der Waals surface area contributed by atoms with Crippen LogP contribution in [-0.4, -0.2) is 32.9 Å². The number of ether oxygens (including phenoxy) is 4. The third-order valence-corrected chi connectivity index (χ3v) is 3.48. The van der Waals surface area contributed by atoms with Gasteiger partial charge in [-0.3, -0.25) is 4.79 Å². The molecule has 0 N–H and O–H groups in total. The molecular formula is C20H24O5. The predicted molar refractivity (Wildman–Crippen MR) is 94.9 cm³/mol. The Morgan fingerprint density at radius 3 is 2.48 bits per heavy atom. The van der Waals surface area contributed by atoms with Gasteiger partial charge in [-0.1, -0.05) is 36.4 Å². The van der Waals surface area contributed by atoms with E-state index in [0.717, 1.165) is 11.1 Å². The van der Waals surface area contributed by atoms with Crippen LogP contribution >= 0.6 is 0 Å². The summed E-state index contributed by atoms with van der Waals surface area (Å²) in [6.07, 6.45) is 0.207. The molecule has 0 aliphatic heterocycles. The van der Waals surface area contributed by atoms with Gasteiger partial charge in [-0.15, -0.1) is 0 Å². The quantitative estimate of drug-likeness (QED) is 0.488.